The van der Waals surface area contributed by atoms with Gasteiger partial charge in [-0.3, -0.25) is 5.41 Å². The van der Waals surface area contributed by atoms with Gasteiger partial charge in [0.15, 0.2) is 0 Å². The molecule has 2 aromatic carbocycles. The summed E-state index contributed by atoms with van der Waals surface area (Å²) >= 11 is 7.80. The first kappa shape index (κ1) is 13.0. The third-order valence-electron chi connectivity index (χ3n) is 2.46. The van der Waals surface area contributed by atoms with E-state index < -0.39 is 0 Å². The minimum Gasteiger partial charge on any atom is -0.384 e. The van der Waals surface area contributed by atoms with Crippen molar-refractivity contribution in [1.82, 2.24) is 0 Å². The maximum Gasteiger partial charge on any atom is 0.122 e. The summed E-state index contributed by atoms with van der Waals surface area (Å²) in [5.74, 6) is 0.0315. The highest BCUT2D eigenvalue weighted by Crippen LogP contribution is 2.34. The molecule has 2 aromatic rings. The SMILES string of the molecule is Cc1cccc(Sc2ccc(C(=N)N)cc2Cl)c1. The van der Waals surface area contributed by atoms with Crippen LogP contribution in [0.1, 0.15) is 11.1 Å². The lowest BCUT2D eigenvalue weighted by Crippen LogP contribution is -2.10. The number of amidine groups is 1. The summed E-state index contributed by atoms with van der Waals surface area (Å²) in [6, 6.07) is 13.7. The summed E-state index contributed by atoms with van der Waals surface area (Å²) in [5, 5.41) is 7.98. The van der Waals surface area contributed by atoms with E-state index >= 15 is 0 Å². The Bertz CT molecular complexity index is 596. The molecule has 0 spiro atoms. The van der Waals surface area contributed by atoms with E-state index in [-0.39, 0.29) is 5.84 Å². The smallest absolute Gasteiger partial charge is 0.122 e. The zero-order valence-electron chi connectivity index (χ0n) is 9.91. The van der Waals surface area contributed by atoms with Crippen LogP contribution >= 0.6 is 23.4 Å². The van der Waals surface area contributed by atoms with Crippen LogP contribution in [0.5, 0.6) is 0 Å². The number of rotatable bonds is 3. The molecular formula is C14H13ClN2S. The summed E-state index contributed by atoms with van der Waals surface area (Å²) in [6.07, 6.45) is 0. The number of benzene rings is 2. The number of nitrogens with two attached hydrogens (primary N) is 1. The average Bonchev–Trinajstić information content (AvgIpc) is 2.31. The molecule has 0 atom stereocenters. The molecule has 4 heteroatoms. The number of hydrogen-bond donors (Lipinski definition) is 2. The molecule has 2 nitrogen and oxygen atoms in total. The summed E-state index contributed by atoms with van der Waals surface area (Å²) in [7, 11) is 0. The van der Waals surface area contributed by atoms with Crippen molar-refractivity contribution in [3.63, 3.8) is 0 Å². The third-order valence-corrected chi connectivity index (χ3v) is 3.95. The Balaban J connectivity index is 2.27. The van der Waals surface area contributed by atoms with Gasteiger partial charge in [0.1, 0.15) is 5.84 Å². The molecule has 0 fully saturated rings. The van der Waals surface area contributed by atoms with E-state index in [4.69, 9.17) is 22.7 Å². The van der Waals surface area contributed by atoms with Gasteiger partial charge in [-0.05, 0) is 31.2 Å². The molecule has 0 radical (unpaired) electrons. The van der Waals surface area contributed by atoms with E-state index in [2.05, 4.69) is 19.1 Å². The van der Waals surface area contributed by atoms with Gasteiger partial charge in [-0.1, -0.05) is 47.1 Å². The number of nitrogens with one attached hydrogen (secondary N) is 1. The van der Waals surface area contributed by atoms with Gasteiger partial charge in [-0.2, -0.15) is 0 Å². The largest absolute Gasteiger partial charge is 0.384 e. The summed E-state index contributed by atoms with van der Waals surface area (Å²) in [4.78, 5) is 2.11. The number of halogens is 1. The van der Waals surface area contributed by atoms with E-state index in [1.807, 2.05) is 24.3 Å². The van der Waals surface area contributed by atoms with Crippen LogP contribution in [0.15, 0.2) is 52.3 Å². The molecule has 92 valence electrons. The van der Waals surface area contributed by atoms with Gasteiger partial charge >= 0.3 is 0 Å². The van der Waals surface area contributed by atoms with Crippen LogP contribution in [0.25, 0.3) is 0 Å². The Labute approximate surface area is 116 Å². The van der Waals surface area contributed by atoms with Gasteiger partial charge in [-0.15, -0.1) is 0 Å². The maximum absolute atomic E-state index is 7.36. The fourth-order valence-corrected chi connectivity index (χ4v) is 2.79. The van der Waals surface area contributed by atoms with Crippen molar-refractivity contribution in [3.05, 3.63) is 58.6 Å². The molecule has 0 saturated carbocycles. The van der Waals surface area contributed by atoms with Crippen LogP contribution in [-0.2, 0) is 0 Å². The Morgan fingerprint density at radius 1 is 1.22 bits per heavy atom. The van der Waals surface area contributed by atoms with Crippen molar-refractivity contribution >= 4 is 29.2 Å². The molecule has 2 rings (SSSR count). The maximum atomic E-state index is 7.36. The van der Waals surface area contributed by atoms with Crippen LogP contribution in [0.2, 0.25) is 5.02 Å². The minimum absolute atomic E-state index is 0.0315. The predicted octanol–water partition coefficient (Wildman–Crippen LogP) is 4.08. The fraction of sp³-hybridized carbons (Fsp3) is 0.0714. The zero-order chi connectivity index (χ0) is 13.1. The van der Waals surface area contributed by atoms with Gasteiger partial charge < -0.3 is 5.73 Å². The predicted molar refractivity (Wildman–Crippen MR) is 77.8 cm³/mol. The minimum atomic E-state index is 0.0315. The van der Waals surface area contributed by atoms with E-state index in [9.17, 15) is 0 Å². The average molecular weight is 277 g/mol. The summed E-state index contributed by atoms with van der Waals surface area (Å²) < 4.78 is 0. The lowest BCUT2D eigenvalue weighted by atomic mass is 10.2. The van der Waals surface area contributed by atoms with Gasteiger partial charge in [0.05, 0.1) is 5.02 Å². The monoisotopic (exact) mass is 276 g/mol. The van der Waals surface area contributed by atoms with Crippen molar-refractivity contribution in [1.29, 1.82) is 5.41 Å². The van der Waals surface area contributed by atoms with Crippen LogP contribution in [-0.4, -0.2) is 5.84 Å². The molecule has 3 N–H and O–H groups in total. The van der Waals surface area contributed by atoms with Crippen LogP contribution < -0.4 is 5.73 Å². The Hall–Kier alpha value is -1.45. The lowest BCUT2D eigenvalue weighted by Gasteiger charge is -2.06. The second-order valence-electron chi connectivity index (χ2n) is 3.98. The fourth-order valence-electron chi connectivity index (χ4n) is 1.56. The molecule has 0 unspecified atom stereocenters. The number of nitrogen functional groups attached to an aromatic ring is 1. The molecule has 0 aliphatic heterocycles. The van der Waals surface area contributed by atoms with Gasteiger partial charge in [-0.25, -0.2) is 0 Å². The van der Waals surface area contributed by atoms with Crippen molar-refractivity contribution in [2.75, 3.05) is 0 Å². The van der Waals surface area contributed by atoms with Crippen molar-refractivity contribution in [3.8, 4) is 0 Å². The summed E-state index contributed by atoms with van der Waals surface area (Å²) in [5.41, 5.74) is 7.29. The first-order valence-electron chi connectivity index (χ1n) is 5.45. The standard InChI is InChI=1S/C14H13ClN2S/c1-9-3-2-4-11(7-9)18-13-6-5-10(14(16)17)8-12(13)15/h2-8H,1H3,(H3,16,17). The van der Waals surface area contributed by atoms with E-state index in [0.29, 0.717) is 10.6 Å². The molecule has 0 aliphatic carbocycles. The van der Waals surface area contributed by atoms with Crippen molar-refractivity contribution in [2.24, 2.45) is 5.73 Å². The normalized spacial score (nSPS) is 10.3. The molecule has 0 amide bonds. The quantitative estimate of drug-likeness (QED) is 0.655. The molecule has 18 heavy (non-hydrogen) atoms. The van der Waals surface area contributed by atoms with Crippen LogP contribution in [0, 0.1) is 12.3 Å². The van der Waals surface area contributed by atoms with E-state index in [1.165, 1.54) is 5.56 Å². The summed E-state index contributed by atoms with van der Waals surface area (Å²) in [6.45, 7) is 2.06. The van der Waals surface area contributed by atoms with Crippen molar-refractivity contribution in [2.45, 2.75) is 16.7 Å². The second-order valence-corrected chi connectivity index (χ2v) is 5.50. The molecule has 0 aromatic heterocycles. The third kappa shape index (κ3) is 3.06. The van der Waals surface area contributed by atoms with Crippen molar-refractivity contribution < 1.29 is 0 Å². The highest BCUT2D eigenvalue weighted by molar-refractivity contribution is 7.99. The lowest BCUT2D eigenvalue weighted by molar-refractivity contribution is 1.34. The molecule has 0 aliphatic rings. The molecule has 0 heterocycles. The van der Waals surface area contributed by atoms with Gasteiger partial charge in [0.2, 0.25) is 0 Å². The Morgan fingerprint density at radius 2 is 2.00 bits per heavy atom. The van der Waals surface area contributed by atoms with Gasteiger partial charge in [0.25, 0.3) is 0 Å². The molecule has 0 bridgehead atoms. The first-order valence-corrected chi connectivity index (χ1v) is 6.64. The second kappa shape index (κ2) is 5.46. The van der Waals surface area contributed by atoms with Crippen LogP contribution in [0.3, 0.4) is 0 Å². The van der Waals surface area contributed by atoms with E-state index in [1.54, 1.807) is 17.8 Å². The number of hydrogen-bond acceptors (Lipinski definition) is 2. The van der Waals surface area contributed by atoms with Crippen LogP contribution in [0.4, 0.5) is 0 Å². The Morgan fingerprint density at radius 3 is 2.61 bits per heavy atom. The topological polar surface area (TPSA) is 49.9 Å². The van der Waals surface area contributed by atoms with E-state index in [0.717, 1.165) is 9.79 Å². The highest BCUT2D eigenvalue weighted by atomic mass is 35.5. The first-order chi connectivity index (χ1) is 8.56. The Kier molecular flexibility index (Phi) is 3.94. The highest BCUT2D eigenvalue weighted by Gasteiger charge is 2.05. The molecular weight excluding hydrogens is 264 g/mol. The number of aryl methyl sites for hydroxylation is 1. The zero-order valence-corrected chi connectivity index (χ0v) is 11.5. The van der Waals surface area contributed by atoms with Gasteiger partial charge in [0, 0.05) is 15.4 Å². The molecule has 0 saturated heterocycles.